The highest BCUT2D eigenvalue weighted by Crippen LogP contribution is 2.20. The van der Waals surface area contributed by atoms with E-state index in [1.165, 1.54) is 25.7 Å². The summed E-state index contributed by atoms with van der Waals surface area (Å²) < 4.78 is 17.1. The fraction of sp³-hybridized carbons (Fsp3) is 0.480. The van der Waals surface area contributed by atoms with Crippen LogP contribution in [0, 0.1) is 0 Å². The Balaban J connectivity index is 1.44. The Morgan fingerprint density at radius 2 is 1.87 bits per heavy atom. The molecule has 0 bridgehead atoms. The van der Waals surface area contributed by atoms with Crippen LogP contribution in [0.4, 0.5) is 5.69 Å². The molecule has 3 rings (SSSR count). The topological polar surface area (TPSA) is 56.8 Å². The SMILES string of the molecule is CCCCCCCOc1cccc(NC(=O)c2ccc(OCC3CCCO3)cc2)c1. The Morgan fingerprint density at radius 1 is 1.03 bits per heavy atom. The van der Waals surface area contributed by atoms with Gasteiger partial charge in [0, 0.05) is 23.9 Å². The zero-order valence-electron chi connectivity index (χ0n) is 17.9. The predicted octanol–water partition coefficient (Wildman–Crippen LogP) is 5.85. The van der Waals surface area contributed by atoms with Crippen LogP contribution in [0.25, 0.3) is 0 Å². The van der Waals surface area contributed by atoms with Gasteiger partial charge in [-0.15, -0.1) is 0 Å². The largest absolute Gasteiger partial charge is 0.494 e. The van der Waals surface area contributed by atoms with Crippen molar-refractivity contribution >= 4 is 11.6 Å². The first-order valence-corrected chi connectivity index (χ1v) is 11.1. The zero-order chi connectivity index (χ0) is 21.0. The Morgan fingerprint density at radius 3 is 2.63 bits per heavy atom. The third kappa shape index (κ3) is 7.38. The van der Waals surface area contributed by atoms with Crippen molar-refractivity contribution in [3.63, 3.8) is 0 Å². The fourth-order valence-electron chi connectivity index (χ4n) is 3.43. The standard InChI is InChI=1S/C25H33NO4/c1-2-3-4-5-6-16-28-23-10-7-9-21(18-23)26-25(27)20-12-14-22(15-13-20)30-19-24-11-8-17-29-24/h7,9-10,12-15,18,24H,2-6,8,11,16-17,19H2,1H3,(H,26,27). The summed E-state index contributed by atoms with van der Waals surface area (Å²) in [5, 5.41) is 2.93. The first kappa shape index (κ1) is 22.2. The third-order valence-corrected chi connectivity index (χ3v) is 5.18. The predicted molar refractivity (Wildman–Crippen MR) is 120 cm³/mol. The van der Waals surface area contributed by atoms with E-state index in [2.05, 4.69) is 12.2 Å². The second-order valence-electron chi connectivity index (χ2n) is 7.72. The van der Waals surface area contributed by atoms with Crippen LogP contribution in [0.1, 0.15) is 62.2 Å². The lowest BCUT2D eigenvalue weighted by atomic mass is 10.2. The average molecular weight is 412 g/mol. The van der Waals surface area contributed by atoms with Gasteiger partial charge in [0.1, 0.15) is 18.1 Å². The number of anilines is 1. The number of rotatable bonds is 12. The number of unbranched alkanes of at least 4 members (excludes halogenated alkanes) is 4. The number of carbonyl (C=O) groups is 1. The molecule has 1 aliphatic rings. The van der Waals surface area contributed by atoms with E-state index in [1.807, 2.05) is 36.4 Å². The van der Waals surface area contributed by atoms with Crippen molar-refractivity contribution in [2.45, 2.75) is 58.0 Å². The van der Waals surface area contributed by atoms with Crippen LogP contribution < -0.4 is 14.8 Å². The van der Waals surface area contributed by atoms with Gasteiger partial charge in [0.05, 0.1) is 12.7 Å². The van der Waals surface area contributed by atoms with Gasteiger partial charge in [-0.1, -0.05) is 38.7 Å². The molecule has 162 valence electrons. The number of nitrogens with one attached hydrogen (secondary N) is 1. The Hall–Kier alpha value is -2.53. The van der Waals surface area contributed by atoms with Crippen LogP contribution in [0.15, 0.2) is 48.5 Å². The first-order valence-electron chi connectivity index (χ1n) is 11.1. The minimum absolute atomic E-state index is 0.155. The second kappa shape index (κ2) is 12.2. The Kier molecular flexibility index (Phi) is 9.04. The summed E-state index contributed by atoms with van der Waals surface area (Å²) in [5.74, 6) is 1.37. The van der Waals surface area contributed by atoms with E-state index in [0.717, 1.165) is 43.1 Å². The number of hydrogen-bond acceptors (Lipinski definition) is 4. The summed E-state index contributed by atoms with van der Waals surface area (Å²) in [5.41, 5.74) is 1.31. The number of ether oxygens (including phenoxy) is 3. The third-order valence-electron chi connectivity index (χ3n) is 5.18. The smallest absolute Gasteiger partial charge is 0.255 e. The molecule has 0 radical (unpaired) electrons. The number of amides is 1. The maximum absolute atomic E-state index is 12.6. The van der Waals surface area contributed by atoms with Gasteiger partial charge in [-0.05, 0) is 55.7 Å². The van der Waals surface area contributed by atoms with E-state index in [0.29, 0.717) is 18.8 Å². The molecule has 1 amide bonds. The molecular formula is C25H33NO4. The molecule has 2 aromatic rings. The lowest BCUT2D eigenvalue weighted by Gasteiger charge is -2.12. The van der Waals surface area contributed by atoms with Crippen molar-refractivity contribution < 1.29 is 19.0 Å². The van der Waals surface area contributed by atoms with E-state index in [-0.39, 0.29) is 12.0 Å². The van der Waals surface area contributed by atoms with Gasteiger partial charge >= 0.3 is 0 Å². The summed E-state index contributed by atoms with van der Waals surface area (Å²) >= 11 is 0. The number of carbonyl (C=O) groups excluding carboxylic acids is 1. The molecule has 1 unspecified atom stereocenters. The molecule has 1 atom stereocenters. The minimum Gasteiger partial charge on any atom is -0.494 e. The van der Waals surface area contributed by atoms with Crippen molar-refractivity contribution in [1.82, 2.24) is 0 Å². The molecule has 5 heteroatoms. The van der Waals surface area contributed by atoms with Crippen LogP contribution in [0.2, 0.25) is 0 Å². The molecule has 1 N–H and O–H groups in total. The molecule has 0 aromatic heterocycles. The van der Waals surface area contributed by atoms with Gasteiger partial charge in [0.15, 0.2) is 0 Å². The van der Waals surface area contributed by atoms with E-state index < -0.39 is 0 Å². The summed E-state index contributed by atoms with van der Waals surface area (Å²) in [6.07, 6.45) is 8.35. The first-order chi connectivity index (χ1) is 14.7. The van der Waals surface area contributed by atoms with Gasteiger partial charge in [0.25, 0.3) is 5.91 Å². The molecule has 1 fully saturated rings. The monoisotopic (exact) mass is 411 g/mol. The van der Waals surface area contributed by atoms with Gasteiger partial charge in [-0.3, -0.25) is 4.79 Å². The summed E-state index contributed by atoms with van der Waals surface area (Å²) in [4.78, 5) is 12.6. The average Bonchev–Trinajstić information content (AvgIpc) is 3.29. The van der Waals surface area contributed by atoms with E-state index >= 15 is 0 Å². The lowest BCUT2D eigenvalue weighted by molar-refractivity contribution is 0.0679. The van der Waals surface area contributed by atoms with Gasteiger partial charge in [0.2, 0.25) is 0 Å². The molecule has 5 nitrogen and oxygen atoms in total. The molecular weight excluding hydrogens is 378 g/mol. The van der Waals surface area contributed by atoms with Gasteiger partial charge in [-0.25, -0.2) is 0 Å². The van der Waals surface area contributed by atoms with Crippen LogP contribution >= 0.6 is 0 Å². The summed E-state index contributed by atoms with van der Waals surface area (Å²) in [7, 11) is 0. The molecule has 0 spiro atoms. The highest BCUT2D eigenvalue weighted by molar-refractivity contribution is 6.04. The molecule has 1 saturated heterocycles. The molecule has 1 heterocycles. The normalized spacial score (nSPS) is 15.7. The van der Waals surface area contributed by atoms with Crippen LogP contribution in [0.3, 0.4) is 0 Å². The van der Waals surface area contributed by atoms with Crippen LogP contribution in [-0.4, -0.2) is 31.8 Å². The highest BCUT2D eigenvalue weighted by Gasteiger charge is 2.16. The quantitative estimate of drug-likeness (QED) is 0.445. The molecule has 2 aromatic carbocycles. The van der Waals surface area contributed by atoms with Gasteiger partial charge in [-0.2, -0.15) is 0 Å². The van der Waals surface area contributed by atoms with Crippen LogP contribution in [-0.2, 0) is 4.74 Å². The maximum atomic E-state index is 12.6. The van der Waals surface area contributed by atoms with Crippen molar-refractivity contribution in [2.24, 2.45) is 0 Å². The maximum Gasteiger partial charge on any atom is 0.255 e. The molecule has 0 saturated carbocycles. The molecule has 1 aliphatic heterocycles. The number of benzene rings is 2. The number of hydrogen-bond donors (Lipinski definition) is 1. The van der Waals surface area contributed by atoms with E-state index in [4.69, 9.17) is 14.2 Å². The lowest BCUT2D eigenvalue weighted by Crippen LogP contribution is -2.16. The van der Waals surface area contributed by atoms with Crippen molar-refractivity contribution in [3.8, 4) is 11.5 Å². The van der Waals surface area contributed by atoms with Gasteiger partial charge < -0.3 is 19.5 Å². The van der Waals surface area contributed by atoms with E-state index in [1.54, 1.807) is 12.1 Å². The minimum atomic E-state index is -0.155. The van der Waals surface area contributed by atoms with E-state index in [9.17, 15) is 4.79 Å². The summed E-state index contributed by atoms with van der Waals surface area (Å²) in [6.45, 7) is 4.29. The van der Waals surface area contributed by atoms with Crippen molar-refractivity contribution in [2.75, 3.05) is 25.1 Å². The van der Waals surface area contributed by atoms with Crippen molar-refractivity contribution in [3.05, 3.63) is 54.1 Å². The van der Waals surface area contributed by atoms with Crippen molar-refractivity contribution in [1.29, 1.82) is 0 Å². The summed E-state index contributed by atoms with van der Waals surface area (Å²) in [6, 6.07) is 14.7. The Bertz CT molecular complexity index is 769. The highest BCUT2D eigenvalue weighted by atomic mass is 16.5. The Labute approximate surface area is 179 Å². The fourth-order valence-corrected chi connectivity index (χ4v) is 3.43. The molecule has 0 aliphatic carbocycles. The molecule has 30 heavy (non-hydrogen) atoms. The second-order valence-corrected chi connectivity index (χ2v) is 7.72. The van der Waals surface area contributed by atoms with Crippen LogP contribution in [0.5, 0.6) is 11.5 Å². The zero-order valence-corrected chi connectivity index (χ0v) is 17.9.